The van der Waals surface area contributed by atoms with Crippen LogP contribution in [0.4, 0.5) is 4.39 Å². The number of nitrogens with one attached hydrogen (secondary N) is 1. The van der Waals surface area contributed by atoms with Gasteiger partial charge in [-0.15, -0.1) is 0 Å². The number of benzene rings is 1. The second-order valence-electron chi connectivity index (χ2n) is 6.65. The maximum atomic E-state index is 13.2. The van der Waals surface area contributed by atoms with E-state index < -0.39 is 5.41 Å². The van der Waals surface area contributed by atoms with E-state index in [1.807, 2.05) is 11.9 Å². The van der Waals surface area contributed by atoms with Gasteiger partial charge in [-0.3, -0.25) is 4.79 Å². The van der Waals surface area contributed by atoms with Gasteiger partial charge in [-0.05, 0) is 50.4 Å². The Labute approximate surface area is 131 Å². The van der Waals surface area contributed by atoms with E-state index in [4.69, 9.17) is 0 Å². The first kappa shape index (κ1) is 15.5. The number of carbonyl (C=O) groups is 1. The SMILES string of the molecule is CNC1CCN(C(=O)C2(c3ccc(F)cc3)CCCC2)CC1. The second kappa shape index (κ2) is 6.37. The van der Waals surface area contributed by atoms with Crippen molar-refractivity contribution in [2.45, 2.75) is 50.0 Å². The first-order chi connectivity index (χ1) is 10.7. The Morgan fingerprint density at radius 3 is 2.32 bits per heavy atom. The molecule has 1 aliphatic carbocycles. The number of nitrogens with zero attached hydrogens (tertiary/aromatic N) is 1. The molecule has 120 valence electrons. The Kier molecular flexibility index (Phi) is 4.48. The van der Waals surface area contributed by atoms with E-state index >= 15 is 0 Å². The van der Waals surface area contributed by atoms with E-state index in [0.29, 0.717) is 6.04 Å². The van der Waals surface area contributed by atoms with Crippen molar-refractivity contribution in [3.63, 3.8) is 0 Å². The molecule has 1 N–H and O–H groups in total. The molecule has 2 fully saturated rings. The Morgan fingerprint density at radius 2 is 1.77 bits per heavy atom. The topological polar surface area (TPSA) is 32.3 Å². The number of rotatable bonds is 3. The number of likely N-dealkylation sites (tertiary alicyclic amines) is 1. The summed E-state index contributed by atoms with van der Waals surface area (Å²) in [7, 11) is 1.99. The first-order valence-corrected chi connectivity index (χ1v) is 8.38. The highest BCUT2D eigenvalue weighted by Gasteiger charge is 2.45. The fraction of sp³-hybridized carbons (Fsp3) is 0.611. The minimum Gasteiger partial charge on any atom is -0.342 e. The van der Waals surface area contributed by atoms with Crippen LogP contribution >= 0.6 is 0 Å². The predicted molar refractivity (Wildman–Crippen MR) is 85.2 cm³/mol. The fourth-order valence-corrected chi connectivity index (χ4v) is 4.05. The third-order valence-corrected chi connectivity index (χ3v) is 5.45. The van der Waals surface area contributed by atoms with Crippen molar-refractivity contribution in [2.24, 2.45) is 0 Å². The number of piperidine rings is 1. The zero-order valence-electron chi connectivity index (χ0n) is 13.3. The molecule has 1 aliphatic heterocycles. The lowest BCUT2D eigenvalue weighted by molar-refractivity contribution is -0.138. The molecule has 0 radical (unpaired) electrons. The Balaban J connectivity index is 1.82. The molecular weight excluding hydrogens is 279 g/mol. The van der Waals surface area contributed by atoms with Gasteiger partial charge in [0.15, 0.2) is 0 Å². The quantitative estimate of drug-likeness (QED) is 0.931. The Hall–Kier alpha value is -1.42. The van der Waals surface area contributed by atoms with Gasteiger partial charge in [0, 0.05) is 19.1 Å². The molecule has 0 aromatic heterocycles. The van der Waals surface area contributed by atoms with E-state index in [9.17, 15) is 9.18 Å². The first-order valence-electron chi connectivity index (χ1n) is 8.38. The highest BCUT2D eigenvalue weighted by molar-refractivity contribution is 5.88. The number of halogens is 1. The lowest BCUT2D eigenvalue weighted by Gasteiger charge is -2.38. The van der Waals surface area contributed by atoms with Crippen LogP contribution in [0.5, 0.6) is 0 Å². The minimum absolute atomic E-state index is 0.237. The van der Waals surface area contributed by atoms with E-state index in [-0.39, 0.29) is 11.7 Å². The van der Waals surface area contributed by atoms with E-state index in [2.05, 4.69) is 5.32 Å². The van der Waals surface area contributed by atoms with Crippen LogP contribution in [0.1, 0.15) is 44.1 Å². The number of amides is 1. The average Bonchev–Trinajstić information content (AvgIpc) is 3.06. The summed E-state index contributed by atoms with van der Waals surface area (Å²) in [5, 5.41) is 3.30. The van der Waals surface area contributed by atoms with Crippen molar-refractivity contribution in [1.82, 2.24) is 10.2 Å². The summed E-state index contributed by atoms with van der Waals surface area (Å²) >= 11 is 0. The number of hydrogen-bond acceptors (Lipinski definition) is 2. The molecule has 0 atom stereocenters. The van der Waals surface area contributed by atoms with E-state index in [1.54, 1.807) is 12.1 Å². The molecule has 3 nitrogen and oxygen atoms in total. The fourth-order valence-electron chi connectivity index (χ4n) is 4.05. The van der Waals surface area contributed by atoms with Crippen LogP contribution in [-0.4, -0.2) is 37.0 Å². The molecule has 4 heteroatoms. The Morgan fingerprint density at radius 1 is 1.18 bits per heavy atom. The lowest BCUT2D eigenvalue weighted by atomic mass is 9.77. The van der Waals surface area contributed by atoms with Crippen molar-refractivity contribution >= 4 is 5.91 Å². The third kappa shape index (κ3) is 2.76. The highest BCUT2D eigenvalue weighted by Crippen LogP contribution is 2.43. The summed E-state index contributed by atoms with van der Waals surface area (Å²) in [6.45, 7) is 1.65. The van der Waals surface area contributed by atoms with Crippen molar-refractivity contribution in [3.05, 3.63) is 35.6 Å². The van der Waals surface area contributed by atoms with Gasteiger partial charge in [0.25, 0.3) is 0 Å². The van der Waals surface area contributed by atoms with Crippen molar-refractivity contribution in [3.8, 4) is 0 Å². The molecule has 1 amide bonds. The molecule has 3 rings (SSSR count). The van der Waals surface area contributed by atoms with Gasteiger partial charge >= 0.3 is 0 Å². The highest BCUT2D eigenvalue weighted by atomic mass is 19.1. The summed E-state index contributed by atoms with van der Waals surface area (Å²) in [6.07, 6.45) is 5.97. The van der Waals surface area contributed by atoms with Crippen molar-refractivity contribution in [1.29, 1.82) is 0 Å². The maximum Gasteiger partial charge on any atom is 0.233 e. The summed E-state index contributed by atoms with van der Waals surface area (Å²) in [5.41, 5.74) is 0.576. The molecular formula is C18H25FN2O. The summed E-state index contributed by atoms with van der Waals surface area (Å²) < 4.78 is 13.2. The molecule has 0 spiro atoms. The van der Waals surface area contributed by atoms with Crippen LogP contribution in [0.2, 0.25) is 0 Å². The molecule has 0 bridgehead atoms. The van der Waals surface area contributed by atoms with Crippen LogP contribution in [0, 0.1) is 5.82 Å². The summed E-state index contributed by atoms with van der Waals surface area (Å²) in [6, 6.07) is 7.10. The number of hydrogen-bond donors (Lipinski definition) is 1. The van der Waals surface area contributed by atoms with Crippen molar-refractivity contribution in [2.75, 3.05) is 20.1 Å². The van der Waals surface area contributed by atoms with Gasteiger partial charge in [0.05, 0.1) is 5.41 Å². The van der Waals surface area contributed by atoms with Gasteiger partial charge in [-0.1, -0.05) is 25.0 Å². The van der Waals surface area contributed by atoms with Gasteiger partial charge in [-0.25, -0.2) is 4.39 Å². The van der Waals surface area contributed by atoms with Crippen LogP contribution in [-0.2, 0) is 10.2 Å². The largest absolute Gasteiger partial charge is 0.342 e. The molecule has 22 heavy (non-hydrogen) atoms. The molecule has 1 aromatic carbocycles. The third-order valence-electron chi connectivity index (χ3n) is 5.45. The van der Waals surface area contributed by atoms with Crippen molar-refractivity contribution < 1.29 is 9.18 Å². The molecule has 1 aromatic rings. The maximum absolute atomic E-state index is 13.2. The second-order valence-corrected chi connectivity index (χ2v) is 6.65. The van der Waals surface area contributed by atoms with Gasteiger partial charge < -0.3 is 10.2 Å². The van der Waals surface area contributed by atoms with E-state index in [1.165, 1.54) is 12.1 Å². The predicted octanol–water partition coefficient (Wildman–Crippen LogP) is 2.85. The molecule has 1 saturated carbocycles. The zero-order valence-corrected chi connectivity index (χ0v) is 13.3. The molecule has 1 saturated heterocycles. The van der Waals surface area contributed by atoms with Crippen LogP contribution in [0.25, 0.3) is 0 Å². The molecule has 1 heterocycles. The van der Waals surface area contributed by atoms with Gasteiger partial charge in [0.1, 0.15) is 5.82 Å². The van der Waals surface area contributed by atoms with Crippen LogP contribution < -0.4 is 5.32 Å². The van der Waals surface area contributed by atoms with Gasteiger partial charge in [-0.2, -0.15) is 0 Å². The van der Waals surface area contributed by atoms with Crippen LogP contribution in [0.3, 0.4) is 0 Å². The Bertz CT molecular complexity index is 514. The zero-order chi connectivity index (χ0) is 15.6. The van der Waals surface area contributed by atoms with E-state index in [0.717, 1.165) is 57.2 Å². The smallest absolute Gasteiger partial charge is 0.233 e. The molecule has 2 aliphatic rings. The number of carbonyl (C=O) groups excluding carboxylic acids is 1. The summed E-state index contributed by atoms with van der Waals surface area (Å²) in [5.74, 6) is 0.0188. The standard InChI is InChI=1S/C18H25FN2O/c1-20-16-8-12-21(13-9-16)17(22)18(10-2-3-11-18)14-4-6-15(19)7-5-14/h4-7,16,20H,2-3,8-13H2,1H3. The molecule has 0 unspecified atom stereocenters. The average molecular weight is 304 g/mol. The van der Waals surface area contributed by atoms with Gasteiger partial charge in [0.2, 0.25) is 5.91 Å². The lowest BCUT2D eigenvalue weighted by Crippen LogP contribution is -2.50. The normalized spacial score (nSPS) is 22.0. The minimum atomic E-state index is -0.416. The monoisotopic (exact) mass is 304 g/mol. The summed E-state index contributed by atoms with van der Waals surface area (Å²) in [4.78, 5) is 15.2. The van der Waals surface area contributed by atoms with Crippen LogP contribution in [0.15, 0.2) is 24.3 Å².